The van der Waals surface area contributed by atoms with E-state index in [1.807, 2.05) is 0 Å². The van der Waals surface area contributed by atoms with Crippen LogP contribution in [-0.2, 0) is 14.3 Å². The summed E-state index contributed by atoms with van der Waals surface area (Å²) in [6.07, 6.45) is -5.82. The second kappa shape index (κ2) is 13.0. The van der Waals surface area contributed by atoms with Crippen LogP contribution in [0, 0.1) is 0 Å². The first-order chi connectivity index (χ1) is 22.0. The Bertz CT molecular complexity index is 1860. The molecule has 0 spiro atoms. The average molecular weight is 639 g/mol. The van der Waals surface area contributed by atoms with Crippen molar-refractivity contribution in [3.8, 4) is 45.8 Å². The first-order valence-electron chi connectivity index (χ1n) is 13.8. The van der Waals surface area contributed by atoms with Crippen LogP contribution >= 0.6 is 0 Å². The fourth-order valence-electron chi connectivity index (χ4n) is 5.16. The molecule has 3 aromatic carbocycles. The molecule has 5 atom stereocenters. The zero-order chi connectivity index (χ0) is 33.3. The molecule has 1 aromatic heterocycles. The Morgan fingerprint density at radius 2 is 1.59 bits per heavy atom. The van der Waals surface area contributed by atoms with E-state index in [2.05, 4.69) is 0 Å². The van der Waals surface area contributed by atoms with Gasteiger partial charge in [-0.05, 0) is 42.0 Å². The van der Waals surface area contributed by atoms with Crippen molar-refractivity contribution in [3.63, 3.8) is 0 Å². The highest BCUT2D eigenvalue weighted by molar-refractivity contribution is 5.90. The highest BCUT2D eigenvalue weighted by Gasteiger charge is 2.49. The van der Waals surface area contributed by atoms with Gasteiger partial charge in [-0.2, -0.15) is 0 Å². The third kappa shape index (κ3) is 6.01. The van der Waals surface area contributed by atoms with Gasteiger partial charge in [0.1, 0.15) is 47.1 Å². The van der Waals surface area contributed by atoms with Gasteiger partial charge in [-0.15, -0.1) is 0 Å². The molecular weight excluding hydrogens is 608 g/mol. The number of aliphatic hydroxyl groups is 3. The summed E-state index contributed by atoms with van der Waals surface area (Å²) >= 11 is 0. The van der Waals surface area contributed by atoms with E-state index < -0.39 is 65.8 Å². The molecule has 4 aromatic rings. The molecule has 0 saturated carbocycles. The van der Waals surface area contributed by atoms with Gasteiger partial charge in [-0.3, -0.25) is 4.79 Å². The summed E-state index contributed by atoms with van der Waals surface area (Å²) in [6.45, 7) is -0.766. The van der Waals surface area contributed by atoms with Crippen molar-refractivity contribution in [1.29, 1.82) is 0 Å². The minimum Gasteiger partial charge on any atom is -0.507 e. The topological polar surface area (TPSA) is 226 Å². The van der Waals surface area contributed by atoms with Gasteiger partial charge in [-0.25, -0.2) is 4.79 Å². The molecule has 7 N–H and O–H groups in total. The number of benzene rings is 3. The Labute approximate surface area is 260 Å². The van der Waals surface area contributed by atoms with Crippen LogP contribution in [0.4, 0.5) is 0 Å². The second-order valence-electron chi connectivity index (χ2n) is 10.3. The van der Waals surface area contributed by atoms with Gasteiger partial charge in [0.25, 0.3) is 0 Å². The molecule has 5 rings (SSSR count). The predicted octanol–water partition coefficient (Wildman–Crippen LogP) is 2.08. The Kier molecular flexibility index (Phi) is 9.07. The molecule has 242 valence electrons. The number of fused-ring (bicyclic) bond motifs is 1. The highest BCUT2D eigenvalue weighted by atomic mass is 16.6. The van der Waals surface area contributed by atoms with Crippen LogP contribution in [0.2, 0.25) is 0 Å². The maximum Gasteiger partial charge on any atom is 0.331 e. The van der Waals surface area contributed by atoms with E-state index in [0.717, 1.165) is 24.3 Å². The number of aromatic hydroxyl groups is 4. The van der Waals surface area contributed by atoms with Crippen LogP contribution in [0.3, 0.4) is 0 Å². The maximum absolute atomic E-state index is 13.3. The molecule has 1 aliphatic heterocycles. The van der Waals surface area contributed by atoms with Crippen LogP contribution in [0.15, 0.2) is 63.8 Å². The van der Waals surface area contributed by atoms with Gasteiger partial charge in [0.2, 0.25) is 0 Å². The Balaban J connectivity index is 1.63. The number of hydrogen-bond donors (Lipinski definition) is 7. The van der Waals surface area contributed by atoms with E-state index in [0.29, 0.717) is 5.56 Å². The number of aliphatic hydroxyl groups excluding tert-OH is 3. The number of phenols is 4. The van der Waals surface area contributed by atoms with Crippen LogP contribution in [0.1, 0.15) is 17.2 Å². The van der Waals surface area contributed by atoms with E-state index in [9.17, 15) is 45.3 Å². The summed E-state index contributed by atoms with van der Waals surface area (Å²) in [4.78, 5) is 26.3. The second-order valence-corrected chi connectivity index (χ2v) is 10.3. The van der Waals surface area contributed by atoms with Gasteiger partial charge < -0.3 is 59.1 Å². The van der Waals surface area contributed by atoms with Crippen LogP contribution in [-0.4, -0.2) is 87.0 Å². The summed E-state index contributed by atoms with van der Waals surface area (Å²) in [5.41, 5.74) is -0.558. The number of rotatable bonds is 8. The fourth-order valence-corrected chi connectivity index (χ4v) is 5.16. The quantitative estimate of drug-likeness (QED) is 0.0834. The van der Waals surface area contributed by atoms with Gasteiger partial charge in [-0.1, -0.05) is 6.07 Å². The standard InChI is InChI=1S/C32H30O14/c1-42-22-9-14(3-6-17(22)35)4-8-25(39)46-32-29(41)28(40)24(13-33)45-31(32)27-23(43-2)12-20(38)26-19(37)11-21(44-30(26)27)15-5-7-16(34)18(36)10-15/h3-12,24,28-29,31-36,38,40-41H,13H2,1-2H3/b8-4+/t24-,28-,29+,31+,32-/m1/s1. The Hall–Kier alpha value is -5.28. The van der Waals surface area contributed by atoms with E-state index in [-0.39, 0.29) is 45.1 Å². The van der Waals surface area contributed by atoms with Crippen LogP contribution in [0.5, 0.6) is 34.5 Å². The van der Waals surface area contributed by atoms with Crippen molar-refractivity contribution < 1.29 is 63.9 Å². The molecule has 2 heterocycles. The van der Waals surface area contributed by atoms with Crippen molar-refractivity contribution in [2.75, 3.05) is 20.8 Å². The van der Waals surface area contributed by atoms with Crippen molar-refractivity contribution in [3.05, 3.63) is 76.0 Å². The number of carbonyl (C=O) groups is 1. The van der Waals surface area contributed by atoms with Gasteiger partial charge >= 0.3 is 5.97 Å². The highest BCUT2D eigenvalue weighted by Crippen LogP contribution is 2.45. The molecule has 1 fully saturated rings. The Morgan fingerprint density at radius 3 is 2.26 bits per heavy atom. The summed E-state index contributed by atoms with van der Waals surface area (Å²) in [6, 6.07) is 10.1. The van der Waals surface area contributed by atoms with Gasteiger partial charge in [0, 0.05) is 23.8 Å². The molecular formula is C32H30O14. The molecule has 0 aliphatic carbocycles. The fraction of sp³-hybridized carbons (Fsp3) is 0.250. The molecule has 1 aliphatic rings. The summed E-state index contributed by atoms with van der Waals surface area (Å²) in [5, 5.41) is 71.7. The summed E-state index contributed by atoms with van der Waals surface area (Å²) in [7, 11) is 2.59. The first-order valence-corrected chi connectivity index (χ1v) is 13.8. The summed E-state index contributed by atoms with van der Waals surface area (Å²) < 4.78 is 28.1. The maximum atomic E-state index is 13.3. The number of methoxy groups -OCH3 is 2. The molecule has 0 unspecified atom stereocenters. The zero-order valence-corrected chi connectivity index (χ0v) is 24.4. The van der Waals surface area contributed by atoms with Gasteiger partial charge in [0.15, 0.2) is 40.1 Å². The number of phenolic OH excluding ortho intramolecular Hbond substituents is 4. The number of esters is 1. The predicted molar refractivity (Wildman–Crippen MR) is 160 cm³/mol. The lowest BCUT2D eigenvalue weighted by atomic mass is 9.89. The lowest BCUT2D eigenvalue weighted by Gasteiger charge is -2.42. The number of carbonyl (C=O) groups excluding carboxylic acids is 1. The molecule has 0 radical (unpaired) electrons. The number of hydrogen-bond acceptors (Lipinski definition) is 14. The number of ether oxygens (including phenoxy) is 4. The first kappa shape index (κ1) is 32.1. The van der Waals surface area contributed by atoms with E-state index >= 15 is 0 Å². The van der Waals surface area contributed by atoms with Crippen molar-refractivity contribution >= 4 is 23.0 Å². The molecule has 0 amide bonds. The molecule has 14 nitrogen and oxygen atoms in total. The van der Waals surface area contributed by atoms with E-state index in [4.69, 9.17) is 23.4 Å². The average Bonchev–Trinajstić information content (AvgIpc) is 3.04. The van der Waals surface area contributed by atoms with Crippen LogP contribution < -0.4 is 14.9 Å². The third-order valence-electron chi connectivity index (χ3n) is 7.48. The summed E-state index contributed by atoms with van der Waals surface area (Å²) in [5.74, 6) is -2.67. The minimum atomic E-state index is -1.83. The molecule has 14 heteroatoms. The van der Waals surface area contributed by atoms with Crippen LogP contribution in [0.25, 0.3) is 28.4 Å². The zero-order valence-electron chi connectivity index (χ0n) is 24.4. The minimum absolute atomic E-state index is 0.113. The van der Waals surface area contributed by atoms with Crippen molar-refractivity contribution in [2.24, 2.45) is 0 Å². The Morgan fingerprint density at radius 1 is 0.870 bits per heavy atom. The molecule has 0 bridgehead atoms. The van der Waals surface area contributed by atoms with Crippen molar-refractivity contribution in [2.45, 2.75) is 30.5 Å². The third-order valence-corrected chi connectivity index (χ3v) is 7.48. The van der Waals surface area contributed by atoms with E-state index in [1.165, 1.54) is 50.6 Å². The molecule has 1 saturated heterocycles. The monoisotopic (exact) mass is 638 g/mol. The SMILES string of the molecule is COc1cc(/C=C/C(=O)O[C@@H]2[C@@H](O)[C@H](O)[C@@H](CO)O[C@H]2c2c(OC)cc(O)c3c(=O)cc(-c4ccc(O)c(O)c4)oc23)ccc1O. The normalized spacial score (nSPS) is 21.4. The van der Waals surface area contributed by atoms with Crippen molar-refractivity contribution in [1.82, 2.24) is 0 Å². The lowest BCUT2D eigenvalue weighted by molar-refractivity contribution is -0.239. The molecule has 46 heavy (non-hydrogen) atoms. The van der Waals surface area contributed by atoms with Gasteiger partial charge in [0.05, 0.1) is 26.4 Å². The van der Waals surface area contributed by atoms with E-state index in [1.54, 1.807) is 0 Å². The lowest BCUT2D eigenvalue weighted by Crippen LogP contribution is -2.56. The smallest absolute Gasteiger partial charge is 0.331 e. The largest absolute Gasteiger partial charge is 0.507 e.